The van der Waals surface area contributed by atoms with E-state index in [1.807, 2.05) is 151 Å². The van der Waals surface area contributed by atoms with Gasteiger partial charge in [-0.2, -0.15) is 0 Å². The molecule has 4 aromatic rings. The molecule has 37 heavy (non-hydrogen) atoms. The van der Waals surface area contributed by atoms with Crippen LogP contribution in [0.2, 0.25) is 0 Å². The molecule has 5 rings (SSSR count). The zero-order valence-corrected chi connectivity index (χ0v) is 24.0. The van der Waals surface area contributed by atoms with Crippen LogP contribution in [0.4, 0.5) is 0 Å². The number of allylic oxidation sites excluding steroid dienone is 2. The second-order valence-corrected chi connectivity index (χ2v) is 15.1. The Labute approximate surface area is 234 Å². The average Bonchev–Trinajstić information content (AvgIpc) is 2.95. The van der Waals surface area contributed by atoms with Crippen LogP contribution in [-0.2, 0) is 29.3 Å². The maximum atomic E-state index is 12.2. The summed E-state index contributed by atoms with van der Waals surface area (Å²) < 4.78 is 24.4. The molecule has 1 heterocycles. The van der Waals surface area contributed by atoms with Crippen LogP contribution in [0.15, 0.2) is 146 Å². The second-order valence-electron chi connectivity index (χ2n) is 8.36. The Balaban J connectivity index is 0.000000413. The Morgan fingerprint density at radius 1 is 0.541 bits per heavy atom. The number of hydrogen-bond donors (Lipinski definition) is 1. The van der Waals surface area contributed by atoms with E-state index in [9.17, 15) is 9.13 Å². The minimum Gasteiger partial charge on any atom is -0.310 e. The van der Waals surface area contributed by atoms with Crippen molar-refractivity contribution in [3.63, 3.8) is 0 Å². The first-order valence-corrected chi connectivity index (χ1v) is 16.0. The van der Waals surface area contributed by atoms with Gasteiger partial charge in [-0.3, -0.25) is 0 Å². The molecule has 3 nitrogen and oxygen atoms in total. The smallest absolute Gasteiger partial charge is 0.310 e. The van der Waals surface area contributed by atoms with Crippen molar-refractivity contribution in [2.24, 2.45) is 0 Å². The number of benzene rings is 4. The molecule has 1 aliphatic rings. The molecule has 0 amide bonds. The predicted molar refractivity (Wildman–Crippen MR) is 161 cm³/mol. The summed E-state index contributed by atoms with van der Waals surface area (Å²) in [7, 11) is -5.65. The number of hydrogen-bond acceptors (Lipinski definition) is 0. The van der Waals surface area contributed by atoms with Crippen LogP contribution in [-0.4, -0.2) is 20.0 Å². The summed E-state index contributed by atoms with van der Waals surface area (Å²) in [5.41, 5.74) is 0. The average molecular weight is 587 g/mol. The van der Waals surface area contributed by atoms with Gasteiger partial charge in [0, 0.05) is 0 Å². The molecule has 4 aromatic carbocycles. The van der Waals surface area contributed by atoms with E-state index in [2.05, 4.69) is 12.2 Å². The van der Waals surface area contributed by atoms with Gasteiger partial charge in [-0.05, 0) is 60.7 Å². The molecule has 0 unspecified atom stereocenters. The van der Waals surface area contributed by atoms with E-state index < -0.39 is 14.3 Å². The van der Waals surface area contributed by atoms with E-state index in [0.29, 0.717) is 5.90 Å². The normalized spacial score (nSPS) is 12.7. The fourth-order valence-corrected chi connectivity index (χ4v) is 12.5. The number of quaternary nitrogens is 1. The minimum absolute atomic E-state index is 0. The Kier molecular flexibility index (Phi) is 10.8. The third kappa shape index (κ3) is 7.24. The Morgan fingerprint density at radius 2 is 0.865 bits per heavy atom. The zero-order valence-electron chi connectivity index (χ0n) is 20.2. The third-order valence-corrected chi connectivity index (χ3v) is 14.1. The Morgan fingerprint density at radius 3 is 1.08 bits per heavy atom. The summed E-state index contributed by atoms with van der Waals surface area (Å²) in [5.74, 6) is 0.308. The van der Waals surface area contributed by atoms with Crippen molar-refractivity contribution in [2.75, 3.05) is 5.90 Å². The quantitative estimate of drug-likeness (QED) is 0.117. The molecule has 0 saturated carbocycles. The van der Waals surface area contributed by atoms with Gasteiger partial charge in [0.25, 0.3) is 14.3 Å². The minimum atomic E-state index is -2.83. The summed E-state index contributed by atoms with van der Waals surface area (Å²) in [6.07, 6.45) is 7.84. The van der Waals surface area contributed by atoms with E-state index in [-0.39, 0.29) is 17.1 Å². The molecular weight excluding hydrogens is 556 g/mol. The van der Waals surface area contributed by atoms with Crippen molar-refractivity contribution < 1.29 is 31.5 Å². The summed E-state index contributed by atoms with van der Waals surface area (Å²) in [6, 6.07) is 39.2. The monoisotopic (exact) mass is 587 g/mol. The molecule has 0 spiro atoms. The molecule has 0 bridgehead atoms. The topological polar surface area (TPSA) is 59.4 Å². The van der Waals surface area contributed by atoms with Crippen LogP contribution < -0.4 is 26.5 Å². The van der Waals surface area contributed by atoms with Crippen LogP contribution in [0.5, 0.6) is 0 Å². The molecule has 1 radical (unpaired) electrons. The standard InChI is InChI=1S/C25H22O2P2.C5H5NS.Fe/c26-28(22-13-5-1-6-14-22,23-15-7-2-8-16-23)21-29(27,24-17-9-3-10-18-24)25-19-11-4-12-20-25;7-5-3-1-2-4-6-5;/h1-20H,21H2;1-4H,(H,6,7);/q;;+3/p+4. The first-order chi connectivity index (χ1) is 17.5. The van der Waals surface area contributed by atoms with Gasteiger partial charge in [-0.1, -0.05) is 72.8 Å². The molecule has 0 aliphatic carbocycles. The Hall–Kier alpha value is -2.61. The van der Waals surface area contributed by atoms with Crippen molar-refractivity contribution in [1.82, 2.24) is 0 Å². The first kappa shape index (κ1) is 29.0. The predicted octanol–water partition coefficient (Wildman–Crippen LogP) is 3.90. The number of thiol groups is 1. The molecular formula is C30H31FeNO2P2S+7. The van der Waals surface area contributed by atoms with E-state index in [4.69, 9.17) is 0 Å². The van der Waals surface area contributed by atoms with Crippen LogP contribution >= 0.6 is 14.3 Å². The summed E-state index contributed by atoms with van der Waals surface area (Å²) >= 11 is 4.08. The van der Waals surface area contributed by atoms with Crippen molar-refractivity contribution >= 4 is 52.7 Å². The summed E-state index contributed by atoms with van der Waals surface area (Å²) in [5, 5.41) is 5.49. The van der Waals surface area contributed by atoms with Crippen molar-refractivity contribution in [3.05, 3.63) is 146 Å². The van der Waals surface area contributed by atoms with Gasteiger partial charge >= 0.3 is 22.1 Å². The van der Waals surface area contributed by atoms with Gasteiger partial charge < -0.3 is 9.13 Å². The zero-order chi connectivity index (χ0) is 25.3. The van der Waals surface area contributed by atoms with Crippen LogP contribution in [0.3, 0.4) is 0 Å². The molecule has 0 aromatic heterocycles. The second kappa shape index (κ2) is 13.8. The van der Waals surface area contributed by atoms with Crippen LogP contribution in [0, 0.1) is 0 Å². The maximum absolute atomic E-state index is 12.2. The van der Waals surface area contributed by atoms with Crippen molar-refractivity contribution in [3.8, 4) is 0 Å². The van der Waals surface area contributed by atoms with Gasteiger partial charge in [0.15, 0.2) is 5.90 Å². The van der Waals surface area contributed by atoms with E-state index in [1.165, 1.54) is 0 Å². The molecule has 7 heteroatoms. The van der Waals surface area contributed by atoms with Crippen molar-refractivity contribution in [1.29, 1.82) is 0 Å². The molecule has 1 aliphatic heterocycles. The van der Waals surface area contributed by atoms with Gasteiger partial charge in [-0.15, -0.1) is 0 Å². The molecule has 4 N–H and O–H groups in total. The maximum Gasteiger partial charge on any atom is 3.00 e. The Bertz CT molecular complexity index is 1260. The fourth-order valence-electron chi connectivity index (χ4n) is 4.05. The van der Waals surface area contributed by atoms with E-state index >= 15 is 0 Å². The summed E-state index contributed by atoms with van der Waals surface area (Å²) in [6.45, 7) is 0. The molecule has 0 saturated heterocycles. The van der Waals surface area contributed by atoms with Gasteiger partial charge in [0.1, 0.15) is 6.20 Å². The molecule has 0 atom stereocenters. The number of rotatable bonds is 6. The van der Waals surface area contributed by atoms with Crippen molar-refractivity contribution in [2.45, 2.75) is 0 Å². The first-order valence-electron chi connectivity index (χ1n) is 11.7. The van der Waals surface area contributed by atoms with Crippen LogP contribution in [0.1, 0.15) is 0 Å². The van der Waals surface area contributed by atoms with Gasteiger partial charge in [0.2, 0.25) is 12.2 Å². The van der Waals surface area contributed by atoms with Gasteiger partial charge in [0.05, 0.1) is 27.3 Å². The fraction of sp³-hybridized carbons (Fsp3) is 0.0333. The SMILES string of the molecule is [Fe+3].[OH+]=P(CP(=[OH+])(c1ccccc1)c1ccccc1)(c1ccccc1)c1ccccc1.[SH+]=C1C=CC=C[NH2+]1. The number of nitrogens with two attached hydrogens (primary N) is 1. The molecule has 0 fully saturated rings. The molecule has 185 valence electrons. The third-order valence-electron chi connectivity index (χ3n) is 5.90. The largest absolute Gasteiger partial charge is 3.00 e. The van der Waals surface area contributed by atoms with E-state index in [0.717, 1.165) is 26.2 Å². The van der Waals surface area contributed by atoms with Crippen LogP contribution in [0.25, 0.3) is 0 Å². The summed E-state index contributed by atoms with van der Waals surface area (Å²) in [4.78, 5) is 1.02. The van der Waals surface area contributed by atoms with E-state index in [1.54, 1.807) is 0 Å². The van der Waals surface area contributed by atoms with Gasteiger partial charge in [-0.25, -0.2) is 5.32 Å².